The number of carbonyl (C=O) groups is 2. The van der Waals surface area contributed by atoms with Gasteiger partial charge in [-0.2, -0.15) is 0 Å². The van der Waals surface area contributed by atoms with Gasteiger partial charge in [0.15, 0.2) is 0 Å². The molecule has 0 aromatic heterocycles. The predicted molar refractivity (Wildman–Crippen MR) is 102 cm³/mol. The molecule has 0 unspecified atom stereocenters. The minimum Gasteiger partial charge on any atom is -0.379 e. The first kappa shape index (κ1) is 20.7. The van der Waals surface area contributed by atoms with Gasteiger partial charge in [0.1, 0.15) is 0 Å². The molecule has 0 saturated carbocycles. The lowest BCUT2D eigenvalue weighted by molar-refractivity contribution is -0.130. The molecule has 1 heterocycles. The maximum absolute atomic E-state index is 12.0. The summed E-state index contributed by atoms with van der Waals surface area (Å²) in [7, 11) is 0. The molecule has 0 atom stereocenters. The van der Waals surface area contributed by atoms with E-state index in [1.165, 1.54) is 0 Å². The lowest BCUT2D eigenvalue weighted by Gasteiger charge is -2.29. The number of nitrogens with one attached hydrogen (secondary N) is 1. The molecule has 7 heteroatoms. The summed E-state index contributed by atoms with van der Waals surface area (Å²) in [5, 5.41) is 3.60. The number of nitrogens with zero attached hydrogens (tertiary/aromatic N) is 2. The van der Waals surface area contributed by atoms with Crippen molar-refractivity contribution in [3.8, 4) is 0 Å². The van der Waals surface area contributed by atoms with Crippen molar-refractivity contribution in [2.75, 3.05) is 52.5 Å². The molecular formula is C19H28ClN3O3. The fourth-order valence-corrected chi connectivity index (χ4v) is 3.09. The van der Waals surface area contributed by atoms with Crippen molar-refractivity contribution in [2.24, 2.45) is 0 Å². The van der Waals surface area contributed by atoms with Gasteiger partial charge in [0, 0.05) is 57.6 Å². The van der Waals surface area contributed by atoms with Crippen molar-refractivity contribution < 1.29 is 14.3 Å². The topological polar surface area (TPSA) is 61.9 Å². The van der Waals surface area contributed by atoms with Crippen LogP contribution in [-0.4, -0.2) is 74.1 Å². The Hall–Kier alpha value is -1.63. The maximum Gasteiger partial charge on any atom is 0.221 e. The first-order chi connectivity index (χ1) is 12.5. The van der Waals surface area contributed by atoms with Gasteiger partial charge in [-0.1, -0.05) is 23.7 Å². The second kappa shape index (κ2) is 11.2. The van der Waals surface area contributed by atoms with Gasteiger partial charge in [-0.25, -0.2) is 0 Å². The number of benzene rings is 1. The molecule has 1 aromatic carbocycles. The maximum atomic E-state index is 12.0. The fraction of sp³-hybridized carbons (Fsp3) is 0.579. The number of morpholine rings is 1. The Morgan fingerprint density at radius 1 is 1.27 bits per heavy atom. The number of carbonyl (C=O) groups excluding carboxylic acids is 2. The van der Waals surface area contributed by atoms with E-state index in [-0.39, 0.29) is 11.8 Å². The zero-order chi connectivity index (χ0) is 18.8. The zero-order valence-electron chi connectivity index (χ0n) is 15.4. The monoisotopic (exact) mass is 381 g/mol. The molecule has 0 spiro atoms. The summed E-state index contributed by atoms with van der Waals surface area (Å²) in [6, 6.07) is 7.62. The molecule has 1 N–H and O–H groups in total. The number of amides is 2. The van der Waals surface area contributed by atoms with Crippen LogP contribution in [0.5, 0.6) is 0 Å². The van der Waals surface area contributed by atoms with Gasteiger partial charge in [0.25, 0.3) is 0 Å². The average Bonchev–Trinajstić information content (AvgIpc) is 2.62. The van der Waals surface area contributed by atoms with Crippen LogP contribution in [0.25, 0.3) is 0 Å². The Labute approximate surface area is 160 Å². The van der Waals surface area contributed by atoms with E-state index in [9.17, 15) is 9.59 Å². The van der Waals surface area contributed by atoms with E-state index in [0.29, 0.717) is 31.1 Å². The van der Waals surface area contributed by atoms with Crippen molar-refractivity contribution in [1.29, 1.82) is 0 Å². The van der Waals surface area contributed by atoms with Gasteiger partial charge in [0.2, 0.25) is 11.8 Å². The van der Waals surface area contributed by atoms with Crippen LogP contribution in [-0.2, 0) is 20.7 Å². The average molecular weight is 382 g/mol. The molecule has 1 aliphatic heterocycles. The molecular weight excluding hydrogens is 354 g/mol. The Morgan fingerprint density at radius 2 is 2.04 bits per heavy atom. The van der Waals surface area contributed by atoms with E-state index in [1.54, 1.807) is 11.8 Å². The Kier molecular flexibility index (Phi) is 8.88. The Morgan fingerprint density at radius 3 is 2.73 bits per heavy atom. The second-order valence-electron chi connectivity index (χ2n) is 6.44. The van der Waals surface area contributed by atoms with E-state index in [1.807, 2.05) is 24.3 Å². The van der Waals surface area contributed by atoms with Crippen molar-refractivity contribution in [3.05, 3.63) is 34.9 Å². The lowest BCUT2D eigenvalue weighted by Crippen LogP contribution is -2.43. The highest BCUT2D eigenvalue weighted by Gasteiger charge is 2.15. The van der Waals surface area contributed by atoms with E-state index >= 15 is 0 Å². The van der Waals surface area contributed by atoms with Crippen LogP contribution >= 0.6 is 11.6 Å². The molecule has 0 aliphatic carbocycles. The lowest BCUT2D eigenvalue weighted by atomic mass is 10.1. The Balaban J connectivity index is 1.65. The van der Waals surface area contributed by atoms with Crippen LogP contribution in [0.4, 0.5) is 0 Å². The van der Waals surface area contributed by atoms with Crippen molar-refractivity contribution in [3.63, 3.8) is 0 Å². The molecule has 144 valence electrons. The second-order valence-corrected chi connectivity index (χ2v) is 6.88. The van der Waals surface area contributed by atoms with E-state index in [0.717, 1.165) is 44.8 Å². The molecule has 1 aromatic rings. The molecule has 2 amide bonds. The fourth-order valence-electron chi connectivity index (χ4n) is 2.88. The minimum atomic E-state index is -0.0374. The van der Waals surface area contributed by atoms with Gasteiger partial charge in [-0.3, -0.25) is 14.5 Å². The Bertz CT molecular complexity index is 591. The summed E-state index contributed by atoms with van der Waals surface area (Å²) in [4.78, 5) is 27.9. The van der Waals surface area contributed by atoms with E-state index < -0.39 is 0 Å². The standard InChI is InChI=1S/C19H28ClN3O3/c1-16(24)23(10-9-22-11-13-26-14-12-22)8-6-19(25)21-7-5-17-3-2-4-18(20)15-17/h2-4,15H,5-14H2,1H3,(H,21,25). The first-order valence-corrected chi connectivity index (χ1v) is 9.49. The van der Waals surface area contributed by atoms with Gasteiger partial charge in [0.05, 0.1) is 13.2 Å². The van der Waals surface area contributed by atoms with Crippen molar-refractivity contribution in [2.45, 2.75) is 19.8 Å². The third kappa shape index (κ3) is 7.72. The molecule has 6 nitrogen and oxygen atoms in total. The van der Waals surface area contributed by atoms with Crippen LogP contribution in [0.15, 0.2) is 24.3 Å². The van der Waals surface area contributed by atoms with Crippen molar-refractivity contribution in [1.82, 2.24) is 15.1 Å². The smallest absolute Gasteiger partial charge is 0.221 e. The third-order valence-electron chi connectivity index (χ3n) is 4.47. The number of hydrogen-bond acceptors (Lipinski definition) is 4. The molecule has 0 bridgehead atoms. The summed E-state index contributed by atoms with van der Waals surface area (Å²) in [5.41, 5.74) is 1.09. The van der Waals surface area contributed by atoms with Crippen LogP contribution in [0, 0.1) is 0 Å². The first-order valence-electron chi connectivity index (χ1n) is 9.11. The van der Waals surface area contributed by atoms with Crippen LogP contribution in [0.2, 0.25) is 5.02 Å². The number of ether oxygens (including phenoxy) is 1. The number of hydrogen-bond donors (Lipinski definition) is 1. The van der Waals surface area contributed by atoms with Crippen LogP contribution in [0.1, 0.15) is 18.9 Å². The van der Waals surface area contributed by atoms with Gasteiger partial charge < -0.3 is 15.0 Å². The summed E-state index contributed by atoms with van der Waals surface area (Å²) in [6.45, 7) is 7.31. The quantitative estimate of drug-likeness (QED) is 0.705. The molecule has 1 saturated heterocycles. The third-order valence-corrected chi connectivity index (χ3v) is 4.70. The van der Waals surface area contributed by atoms with E-state index in [2.05, 4.69) is 10.2 Å². The highest BCUT2D eigenvalue weighted by atomic mass is 35.5. The number of halogens is 1. The molecule has 2 rings (SSSR count). The highest BCUT2D eigenvalue weighted by molar-refractivity contribution is 6.30. The van der Waals surface area contributed by atoms with Gasteiger partial charge in [-0.05, 0) is 24.1 Å². The molecule has 0 radical (unpaired) electrons. The van der Waals surface area contributed by atoms with E-state index in [4.69, 9.17) is 16.3 Å². The minimum absolute atomic E-state index is 0.00462. The van der Waals surface area contributed by atoms with Crippen molar-refractivity contribution >= 4 is 23.4 Å². The van der Waals surface area contributed by atoms with Gasteiger partial charge in [-0.15, -0.1) is 0 Å². The normalized spacial score (nSPS) is 14.8. The molecule has 1 aliphatic rings. The summed E-state index contributed by atoms with van der Waals surface area (Å²) < 4.78 is 5.33. The molecule has 1 fully saturated rings. The zero-order valence-corrected chi connectivity index (χ0v) is 16.1. The summed E-state index contributed by atoms with van der Waals surface area (Å²) in [6.07, 6.45) is 1.05. The van der Waals surface area contributed by atoms with Crippen LogP contribution < -0.4 is 5.32 Å². The summed E-state index contributed by atoms with van der Waals surface area (Å²) in [5.74, 6) is -0.0327. The van der Waals surface area contributed by atoms with Gasteiger partial charge >= 0.3 is 0 Å². The highest BCUT2D eigenvalue weighted by Crippen LogP contribution is 2.10. The molecule has 26 heavy (non-hydrogen) atoms. The number of rotatable bonds is 9. The van der Waals surface area contributed by atoms with Crippen LogP contribution in [0.3, 0.4) is 0 Å². The predicted octanol–water partition coefficient (Wildman–Crippen LogP) is 1.57. The summed E-state index contributed by atoms with van der Waals surface area (Å²) >= 11 is 5.95. The SMILES string of the molecule is CC(=O)N(CCC(=O)NCCc1cccc(Cl)c1)CCN1CCOCC1. The largest absolute Gasteiger partial charge is 0.379 e.